The lowest BCUT2D eigenvalue weighted by Gasteiger charge is -2.08. The van der Waals surface area contributed by atoms with Gasteiger partial charge in [-0.1, -0.05) is 17.7 Å². The molecule has 114 valence electrons. The van der Waals surface area contributed by atoms with E-state index in [1.54, 1.807) is 19.2 Å². The van der Waals surface area contributed by atoms with E-state index in [9.17, 15) is 8.42 Å². The Balaban J connectivity index is 2.13. The fourth-order valence-corrected chi connectivity index (χ4v) is 3.72. The molecule has 21 heavy (non-hydrogen) atoms. The maximum absolute atomic E-state index is 12.2. The number of aryl methyl sites for hydroxylation is 1. The fourth-order valence-electron chi connectivity index (χ4n) is 1.77. The zero-order valence-corrected chi connectivity index (χ0v) is 14.1. The summed E-state index contributed by atoms with van der Waals surface area (Å²) in [5.41, 5.74) is 1.56. The number of aromatic nitrogens is 1. The van der Waals surface area contributed by atoms with Crippen LogP contribution in [0.5, 0.6) is 0 Å². The Morgan fingerprint density at radius 1 is 1.33 bits per heavy atom. The van der Waals surface area contributed by atoms with Crippen molar-refractivity contribution in [1.82, 2.24) is 15.0 Å². The Bertz CT molecular complexity index is 729. The molecule has 5 nitrogen and oxygen atoms in total. The topological polar surface area (TPSA) is 71.1 Å². The van der Waals surface area contributed by atoms with Crippen molar-refractivity contribution in [2.45, 2.75) is 24.9 Å². The van der Waals surface area contributed by atoms with E-state index in [-0.39, 0.29) is 11.4 Å². The number of nitrogens with zero attached hydrogens (tertiary/aromatic N) is 1. The fraction of sp³-hybridized carbons (Fsp3) is 0.308. The van der Waals surface area contributed by atoms with Gasteiger partial charge < -0.3 is 5.32 Å². The molecule has 1 aromatic heterocycles. The third-order valence-electron chi connectivity index (χ3n) is 2.81. The number of hydrogen-bond donors (Lipinski definition) is 2. The quantitative estimate of drug-likeness (QED) is 0.842. The lowest BCUT2D eigenvalue weighted by atomic mass is 10.2. The summed E-state index contributed by atoms with van der Waals surface area (Å²) in [5.74, 6) is 0. The van der Waals surface area contributed by atoms with Gasteiger partial charge in [0.15, 0.2) is 0 Å². The molecular weight excluding hydrogens is 330 g/mol. The molecule has 0 aliphatic heterocycles. The highest BCUT2D eigenvalue weighted by Crippen LogP contribution is 2.21. The van der Waals surface area contributed by atoms with Crippen molar-refractivity contribution in [1.29, 1.82) is 0 Å². The number of sulfonamides is 1. The van der Waals surface area contributed by atoms with Gasteiger partial charge in [0.05, 0.1) is 22.1 Å². The van der Waals surface area contributed by atoms with Gasteiger partial charge in [-0.05, 0) is 31.7 Å². The van der Waals surface area contributed by atoms with Crippen LogP contribution in [0.25, 0.3) is 0 Å². The molecule has 0 unspecified atom stereocenters. The maximum atomic E-state index is 12.2. The SMILES string of the molecule is CNCc1ccc(S(=O)(=O)NCc2csc(C)n2)cc1Cl. The largest absolute Gasteiger partial charge is 0.316 e. The molecule has 0 aliphatic rings. The zero-order chi connectivity index (χ0) is 15.5. The lowest BCUT2D eigenvalue weighted by Crippen LogP contribution is -2.23. The Morgan fingerprint density at radius 3 is 2.67 bits per heavy atom. The molecule has 2 aromatic rings. The van der Waals surface area contributed by atoms with E-state index in [2.05, 4.69) is 15.0 Å². The van der Waals surface area contributed by atoms with Gasteiger partial charge in [0.25, 0.3) is 0 Å². The lowest BCUT2D eigenvalue weighted by molar-refractivity contribution is 0.580. The second-order valence-electron chi connectivity index (χ2n) is 4.47. The highest BCUT2D eigenvalue weighted by molar-refractivity contribution is 7.89. The first-order valence-electron chi connectivity index (χ1n) is 6.26. The number of rotatable bonds is 6. The van der Waals surface area contributed by atoms with Crippen LogP contribution in [0.15, 0.2) is 28.5 Å². The monoisotopic (exact) mass is 345 g/mol. The summed E-state index contributed by atoms with van der Waals surface area (Å²) in [7, 11) is -1.79. The normalized spacial score (nSPS) is 11.8. The smallest absolute Gasteiger partial charge is 0.240 e. The van der Waals surface area contributed by atoms with Crippen molar-refractivity contribution in [2.75, 3.05) is 7.05 Å². The standard InChI is InChI=1S/C13H16ClN3O2S2/c1-9-17-11(8-20-9)7-16-21(18,19)12-4-3-10(6-15-2)13(14)5-12/h3-5,8,15-16H,6-7H2,1-2H3. The van der Waals surface area contributed by atoms with Crippen LogP contribution in [0.2, 0.25) is 5.02 Å². The van der Waals surface area contributed by atoms with Gasteiger partial charge in [0.1, 0.15) is 0 Å². The Labute approximate surface area is 133 Å². The van der Waals surface area contributed by atoms with Crippen LogP contribution in [0, 0.1) is 6.92 Å². The molecule has 1 aromatic carbocycles. The third kappa shape index (κ3) is 4.24. The van der Waals surface area contributed by atoms with Crippen LogP contribution in [-0.2, 0) is 23.1 Å². The van der Waals surface area contributed by atoms with Gasteiger partial charge in [-0.3, -0.25) is 0 Å². The summed E-state index contributed by atoms with van der Waals surface area (Å²) in [6.07, 6.45) is 0. The van der Waals surface area contributed by atoms with Crippen LogP contribution >= 0.6 is 22.9 Å². The minimum absolute atomic E-state index is 0.152. The van der Waals surface area contributed by atoms with Gasteiger partial charge >= 0.3 is 0 Å². The maximum Gasteiger partial charge on any atom is 0.240 e. The van der Waals surface area contributed by atoms with Crippen LogP contribution < -0.4 is 10.0 Å². The van der Waals surface area contributed by atoms with Crippen LogP contribution in [0.1, 0.15) is 16.3 Å². The van der Waals surface area contributed by atoms with Gasteiger partial charge in [0.2, 0.25) is 10.0 Å². The first-order valence-corrected chi connectivity index (χ1v) is 9.00. The molecule has 0 radical (unpaired) electrons. The number of benzene rings is 1. The highest BCUT2D eigenvalue weighted by Gasteiger charge is 2.16. The first kappa shape index (κ1) is 16.4. The first-order chi connectivity index (χ1) is 9.92. The number of thiazole rings is 1. The average molecular weight is 346 g/mol. The van der Waals surface area contributed by atoms with Crippen molar-refractivity contribution < 1.29 is 8.42 Å². The van der Waals surface area contributed by atoms with Gasteiger partial charge in [-0.2, -0.15) is 0 Å². The van der Waals surface area contributed by atoms with Crippen LogP contribution in [0.3, 0.4) is 0 Å². The minimum Gasteiger partial charge on any atom is -0.316 e. The summed E-state index contributed by atoms with van der Waals surface area (Å²) < 4.78 is 27.0. The number of nitrogens with one attached hydrogen (secondary N) is 2. The molecule has 0 bridgehead atoms. The molecule has 0 aliphatic carbocycles. The van der Waals surface area contributed by atoms with Gasteiger partial charge in [-0.25, -0.2) is 18.1 Å². The molecule has 0 amide bonds. The number of hydrogen-bond acceptors (Lipinski definition) is 5. The summed E-state index contributed by atoms with van der Waals surface area (Å²) in [6.45, 7) is 2.64. The molecule has 0 saturated carbocycles. The van der Waals surface area contributed by atoms with Gasteiger partial charge in [0, 0.05) is 16.9 Å². The molecule has 2 N–H and O–H groups in total. The molecule has 1 heterocycles. The highest BCUT2D eigenvalue weighted by atomic mass is 35.5. The predicted octanol–water partition coefficient (Wildman–Crippen LogP) is 2.30. The van der Waals surface area contributed by atoms with E-state index in [0.29, 0.717) is 17.3 Å². The van der Waals surface area contributed by atoms with Crippen molar-refractivity contribution in [3.05, 3.63) is 44.9 Å². The molecular formula is C13H16ClN3O2S2. The van der Waals surface area contributed by atoms with E-state index in [4.69, 9.17) is 11.6 Å². The molecule has 8 heteroatoms. The minimum atomic E-state index is -3.59. The number of halogens is 1. The third-order valence-corrected chi connectivity index (χ3v) is 5.39. The van der Waals surface area contributed by atoms with E-state index < -0.39 is 10.0 Å². The molecule has 0 spiro atoms. The van der Waals surface area contributed by atoms with Crippen molar-refractivity contribution >= 4 is 33.0 Å². The summed E-state index contributed by atoms with van der Waals surface area (Å²) >= 11 is 7.58. The van der Waals surface area contributed by atoms with Crippen molar-refractivity contribution in [2.24, 2.45) is 0 Å². The van der Waals surface area contributed by atoms with Gasteiger partial charge in [-0.15, -0.1) is 11.3 Å². The predicted molar refractivity (Wildman–Crippen MR) is 85.1 cm³/mol. The summed E-state index contributed by atoms with van der Waals surface area (Å²) in [5, 5.41) is 6.14. The molecule has 0 saturated heterocycles. The zero-order valence-electron chi connectivity index (χ0n) is 11.7. The van der Waals surface area contributed by atoms with Crippen LogP contribution in [0.4, 0.5) is 0 Å². The molecule has 0 atom stereocenters. The molecule has 0 fully saturated rings. The van der Waals surface area contributed by atoms with E-state index in [1.165, 1.54) is 17.4 Å². The Hall–Kier alpha value is -0.990. The molecule has 2 rings (SSSR count). The Morgan fingerprint density at radius 2 is 2.10 bits per heavy atom. The van der Waals surface area contributed by atoms with E-state index >= 15 is 0 Å². The average Bonchev–Trinajstić information content (AvgIpc) is 2.85. The summed E-state index contributed by atoms with van der Waals surface area (Å²) in [6, 6.07) is 4.72. The second kappa shape index (κ2) is 6.85. The second-order valence-corrected chi connectivity index (χ2v) is 7.70. The van der Waals surface area contributed by atoms with E-state index in [1.807, 2.05) is 12.3 Å². The van der Waals surface area contributed by atoms with Crippen molar-refractivity contribution in [3.8, 4) is 0 Å². The summed E-state index contributed by atoms with van der Waals surface area (Å²) in [4.78, 5) is 4.37. The van der Waals surface area contributed by atoms with Crippen molar-refractivity contribution in [3.63, 3.8) is 0 Å². The van der Waals surface area contributed by atoms with Crippen LogP contribution in [-0.4, -0.2) is 20.4 Å². The van der Waals surface area contributed by atoms with E-state index in [0.717, 1.165) is 10.6 Å². The Kier molecular flexibility index (Phi) is 5.34.